The zero-order valence-electron chi connectivity index (χ0n) is 8.48. The Balaban J connectivity index is 1.96. The van der Waals surface area contributed by atoms with E-state index in [0.29, 0.717) is 17.4 Å². The predicted octanol–water partition coefficient (Wildman–Crippen LogP) is 2.21. The number of ether oxygens (including phenoxy) is 1. The molecule has 1 N–H and O–H groups in total. The number of rotatable bonds is 4. The van der Waals surface area contributed by atoms with Gasteiger partial charge in [-0.05, 0) is 0 Å². The monoisotopic (exact) mass is 256 g/mol. The Morgan fingerprint density at radius 3 is 3.00 bits per heavy atom. The van der Waals surface area contributed by atoms with E-state index in [0.717, 1.165) is 10.1 Å². The predicted molar refractivity (Wildman–Crippen MR) is 63.0 cm³/mol. The summed E-state index contributed by atoms with van der Waals surface area (Å²) >= 11 is 7.22. The van der Waals surface area contributed by atoms with Gasteiger partial charge in [0.25, 0.3) is 0 Å². The number of pyridine rings is 1. The largest absolute Gasteiger partial charge is 0.485 e. The highest BCUT2D eigenvalue weighted by Crippen LogP contribution is 2.19. The first-order valence-corrected chi connectivity index (χ1v) is 5.71. The van der Waals surface area contributed by atoms with Crippen LogP contribution in [-0.2, 0) is 6.61 Å². The van der Waals surface area contributed by atoms with Gasteiger partial charge >= 0.3 is 0 Å². The van der Waals surface area contributed by atoms with Crippen LogP contribution in [0.5, 0.6) is 5.75 Å². The number of nitrogens with one attached hydrogen (secondary N) is 1. The van der Waals surface area contributed by atoms with Gasteiger partial charge in [-0.3, -0.25) is 4.98 Å². The molecule has 0 aliphatic rings. The van der Waals surface area contributed by atoms with Crippen molar-refractivity contribution < 1.29 is 4.74 Å². The van der Waals surface area contributed by atoms with E-state index >= 15 is 0 Å². The van der Waals surface area contributed by atoms with Gasteiger partial charge in [-0.25, -0.2) is 0 Å². The molecule has 7 heteroatoms. The number of aromatic nitrogens is 3. The standard InChI is InChI=1S/C9H9ClN4OS/c1-11-9-14-13-8(16-9)5-15-7-2-6(10)3-12-4-7/h2-4H,5H2,1H3,(H,11,14). The zero-order chi connectivity index (χ0) is 11.4. The molecule has 5 nitrogen and oxygen atoms in total. The summed E-state index contributed by atoms with van der Waals surface area (Å²) in [5.41, 5.74) is 0. The van der Waals surface area contributed by atoms with Crippen LogP contribution in [0.25, 0.3) is 0 Å². The van der Waals surface area contributed by atoms with Gasteiger partial charge in [0, 0.05) is 19.3 Å². The fourth-order valence-electron chi connectivity index (χ4n) is 1.03. The highest BCUT2D eigenvalue weighted by Gasteiger charge is 2.03. The quantitative estimate of drug-likeness (QED) is 0.909. The molecule has 2 heterocycles. The molecule has 0 atom stereocenters. The van der Waals surface area contributed by atoms with E-state index in [2.05, 4.69) is 20.5 Å². The summed E-state index contributed by atoms with van der Waals surface area (Å²) < 4.78 is 5.46. The zero-order valence-corrected chi connectivity index (χ0v) is 10.0. The molecule has 0 radical (unpaired) electrons. The summed E-state index contributed by atoms with van der Waals surface area (Å²) in [5, 5.41) is 12.9. The lowest BCUT2D eigenvalue weighted by Crippen LogP contribution is -1.95. The van der Waals surface area contributed by atoms with Gasteiger partial charge in [0.05, 0.1) is 11.2 Å². The topological polar surface area (TPSA) is 59.9 Å². The minimum Gasteiger partial charge on any atom is -0.485 e. The summed E-state index contributed by atoms with van der Waals surface area (Å²) in [6.07, 6.45) is 3.16. The molecule has 16 heavy (non-hydrogen) atoms. The second-order valence-electron chi connectivity index (χ2n) is 2.88. The van der Waals surface area contributed by atoms with Gasteiger partial charge in [0.1, 0.15) is 12.4 Å². The first kappa shape index (κ1) is 11.1. The van der Waals surface area contributed by atoms with Crippen molar-refractivity contribution in [3.8, 4) is 5.75 Å². The minimum absolute atomic E-state index is 0.362. The summed E-state index contributed by atoms with van der Waals surface area (Å²) in [6, 6.07) is 1.70. The van der Waals surface area contributed by atoms with E-state index < -0.39 is 0 Å². The van der Waals surface area contributed by atoms with Crippen LogP contribution in [0.15, 0.2) is 18.5 Å². The van der Waals surface area contributed by atoms with Crippen molar-refractivity contribution in [2.24, 2.45) is 0 Å². The molecule has 2 rings (SSSR count). The Morgan fingerprint density at radius 2 is 2.31 bits per heavy atom. The summed E-state index contributed by atoms with van der Waals surface area (Å²) in [7, 11) is 1.80. The molecule has 0 fully saturated rings. The van der Waals surface area contributed by atoms with Crippen LogP contribution in [0.2, 0.25) is 5.02 Å². The third-order valence-electron chi connectivity index (χ3n) is 1.72. The average molecular weight is 257 g/mol. The second kappa shape index (κ2) is 5.09. The number of anilines is 1. The van der Waals surface area contributed by atoms with E-state index in [4.69, 9.17) is 16.3 Å². The van der Waals surface area contributed by atoms with Crippen LogP contribution < -0.4 is 10.1 Å². The highest BCUT2D eigenvalue weighted by molar-refractivity contribution is 7.15. The maximum Gasteiger partial charge on any atom is 0.205 e. The SMILES string of the molecule is CNc1nnc(COc2cncc(Cl)c2)s1. The van der Waals surface area contributed by atoms with Gasteiger partial charge in [0.2, 0.25) is 5.13 Å². The molecule has 2 aromatic rings. The number of halogens is 1. The van der Waals surface area contributed by atoms with Crippen LogP contribution in [-0.4, -0.2) is 22.2 Å². The molecule has 0 amide bonds. The fraction of sp³-hybridized carbons (Fsp3) is 0.222. The Hall–Kier alpha value is -1.40. The van der Waals surface area contributed by atoms with Crippen LogP contribution >= 0.6 is 22.9 Å². The number of hydrogen-bond acceptors (Lipinski definition) is 6. The van der Waals surface area contributed by atoms with Crippen LogP contribution in [0, 0.1) is 0 Å². The average Bonchev–Trinajstić information content (AvgIpc) is 2.74. The Labute approximate surface area is 101 Å². The molecule has 0 aliphatic carbocycles. The van der Waals surface area contributed by atoms with Crippen molar-refractivity contribution >= 4 is 28.1 Å². The van der Waals surface area contributed by atoms with Gasteiger partial charge in [-0.2, -0.15) is 0 Å². The molecule has 0 saturated heterocycles. The van der Waals surface area contributed by atoms with Crippen molar-refractivity contribution in [2.45, 2.75) is 6.61 Å². The van der Waals surface area contributed by atoms with E-state index in [1.807, 2.05) is 0 Å². The molecule has 0 saturated carbocycles. The lowest BCUT2D eigenvalue weighted by molar-refractivity contribution is 0.303. The van der Waals surface area contributed by atoms with E-state index in [1.165, 1.54) is 11.3 Å². The molecular weight excluding hydrogens is 248 g/mol. The van der Waals surface area contributed by atoms with Gasteiger partial charge in [-0.15, -0.1) is 10.2 Å². The lowest BCUT2D eigenvalue weighted by atomic mass is 10.5. The molecule has 0 spiro atoms. The van der Waals surface area contributed by atoms with E-state index in [1.54, 1.807) is 25.5 Å². The van der Waals surface area contributed by atoms with E-state index in [-0.39, 0.29) is 0 Å². The van der Waals surface area contributed by atoms with Gasteiger partial charge < -0.3 is 10.1 Å². The number of hydrogen-bond donors (Lipinski definition) is 1. The van der Waals surface area contributed by atoms with Crippen LogP contribution in [0.3, 0.4) is 0 Å². The highest BCUT2D eigenvalue weighted by atomic mass is 35.5. The van der Waals surface area contributed by atoms with Crippen molar-refractivity contribution in [3.05, 3.63) is 28.5 Å². The second-order valence-corrected chi connectivity index (χ2v) is 4.38. The first-order valence-electron chi connectivity index (χ1n) is 4.51. The van der Waals surface area contributed by atoms with Crippen molar-refractivity contribution in [1.29, 1.82) is 0 Å². The molecular formula is C9H9ClN4OS. The fourth-order valence-corrected chi connectivity index (χ4v) is 1.80. The summed E-state index contributed by atoms with van der Waals surface area (Å²) in [4.78, 5) is 3.92. The first-order chi connectivity index (χ1) is 7.78. The summed E-state index contributed by atoms with van der Waals surface area (Å²) in [6.45, 7) is 0.362. The third-order valence-corrected chi connectivity index (χ3v) is 2.84. The normalized spacial score (nSPS) is 10.1. The number of nitrogens with zero attached hydrogens (tertiary/aromatic N) is 3. The van der Waals surface area contributed by atoms with Crippen molar-refractivity contribution in [1.82, 2.24) is 15.2 Å². The van der Waals surface area contributed by atoms with E-state index in [9.17, 15) is 0 Å². The molecule has 2 aromatic heterocycles. The lowest BCUT2D eigenvalue weighted by Gasteiger charge is -2.02. The molecule has 0 unspecified atom stereocenters. The Bertz CT molecular complexity index is 476. The van der Waals surface area contributed by atoms with Crippen LogP contribution in [0.1, 0.15) is 5.01 Å². The summed E-state index contributed by atoms with van der Waals surface area (Å²) in [5.74, 6) is 0.619. The minimum atomic E-state index is 0.362. The molecule has 0 aliphatic heterocycles. The molecule has 0 aromatic carbocycles. The molecule has 0 bridgehead atoms. The van der Waals surface area contributed by atoms with Crippen molar-refractivity contribution in [2.75, 3.05) is 12.4 Å². The van der Waals surface area contributed by atoms with Crippen molar-refractivity contribution in [3.63, 3.8) is 0 Å². The smallest absolute Gasteiger partial charge is 0.205 e. The molecule has 84 valence electrons. The maximum atomic E-state index is 5.78. The van der Waals surface area contributed by atoms with Crippen LogP contribution in [0.4, 0.5) is 5.13 Å². The van der Waals surface area contributed by atoms with Gasteiger partial charge in [-0.1, -0.05) is 22.9 Å². The Morgan fingerprint density at radius 1 is 1.44 bits per heavy atom. The Kier molecular flexibility index (Phi) is 3.53. The third kappa shape index (κ3) is 2.80. The van der Waals surface area contributed by atoms with Gasteiger partial charge in [0.15, 0.2) is 5.01 Å². The maximum absolute atomic E-state index is 5.78.